The largest absolute Gasteiger partial charge is 0.497 e. The summed E-state index contributed by atoms with van der Waals surface area (Å²) >= 11 is 0. The number of rotatable bonds is 12. The van der Waals surface area contributed by atoms with E-state index in [1.807, 2.05) is 0 Å². The summed E-state index contributed by atoms with van der Waals surface area (Å²) in [5.41, 5.74) is 0.824. The number of anilines is 2. The van der Waals surface area contributed by atoms with Crippen LogP contribution in [-0.4, -0.2) is 43.0 Å². The number of methoxy groups -OCH3 is 2. The van der Waals surface area contributed by atoms with Gasteiger partial charge in [0.25, 0.3) is 0 Å². The lowest BCUT2D eigenvalue weighted by atomic mass is 10.0. The number of halogens is 1. The number of benzene rings is 2. The average molecular weight is 563 g/mol. The van der Waals surface area contributed by atoms with E-state index in [9.17, 15) is 18.8 Å². The first-order valence-electron chi connectivity index (χ1n) is 13.7. The number of carbonyl (C=O) groups is 3. The Kier molecular flexibility index (Phi) is 10.3. The van der Waals surface area contributed by atoms with E-state index in [4.69, 9.17) is 9.47 Å². The van der Waals surface area contributed by atoms with Crippen molar-refractivity contribution in [1.29, 1.82) is 0 Å². The lowest BCUT2D eigenvalue weighted by Gasteiger charge is -2.33. The Bertz CT molecular complexity index is 1310. The highest BCUT2D eigenvalue weighted by molar-refractivity contribution is 6.02. The Hall–Kier alpha value is -4.47. The van der Waals surface area contributed by atoms with Crippen molar-refractivity contribution >= 4 is 29.2 Å². The van der Waals surface area contributed by atoms with Gasteiger partial charge >= 0.3 is 0 Å². The summed E-state index contributed by atoms with van der Waals surface area (Å²) in [6.45, 7) is 0. The van der Waals surface area contributed by atoms with E-state index in [0.717, 1.165) is 25.7 Å². The van der Waals surface area contributed by atoms with Crippen molar-refractivity contribution < 1.29 is 28.2 Å². The molecular weight excluding hydrogens is 527 g/mol. The number of pyridine rings is 1. The molecule has 1 atom stereocenters. The first-order chi connectivity index (χ1) is 19.9. The van der Waals surface area contributed by atoms with Gasteiger partial charge in [0.05, 0.1) is 19.9 Å². The van der Waals surface area contributed by atoms with Gasteiger partial charge in [0, 0.05) is 43.3 Å². The molecule has 0 bridgehead atoms. The van der Waals surface area contributed by atoms with E-state index < -0.39 is 11.9 Å². The first kappa shape index (κ1) is 29.5. The van der Waals surface area contributed by atoms with Crippen LogP contribution in [0.3, 0.4) is 0 Å². The van der Waals surface area contributed by atoms with Crippen molar-refractivity contribution in [2.45, 2.75) is 57.0 Å². The smallest absolute Gasteiger partial charge is 0.248 e. The minimum atomic E-state index is -1.09. The number of amides is 3. The van der Waals surface area contributed by atoms with E-state index in [2.05, 4.69) is 15.6 Å². The fraction of sp³-hybridized carbons (Fsp3) is 0.355. The minimum Gasteiger partial charge on any atom is -0.497 e. The van der Waals surface area contributed by atoms with Gasteiger partial charge in [0.15, 0.2) is 0 Å². The number of nitrogens with one attached hydrogen (secondary N) is 2. The van der Waals surface area contributed by atoms with Crippen molar-refractivity contribution in [3.63, 3.8) is 0 Å². The summed E-state index contributed by atoms with van der Waals surface area (Å²) < 4.78 is 24.8. The van der Waals surface area contributed by atoms with Gasteiger partial charge in [0.2, 0.25) is 17.7 Å². The van der Waals surface area contributed by atoms with E-state index >= 15 is 0 Å². The number of carbonyl (C=O) groups excluding carboxylic acids is 3. The third-order valence-electron chi connectivity index (χ3n) is 7.00. The highest BCUT2D eigenvalue weighted by Crippen LogP contribution is 2.35. The van der Waals surface area contributed by atoms with E-state index in [0.29, 0.717) is 28.6 Å². The van der Waals surface area contributed by atoms with Crippen LogP contribution in [0.5, 0.6) is 11.5 Å². The molecule has 1 aliphatic rings. The second kappa shape index (κ2) is 14.2. The second-order valence-corrected chi connectivity index (χ2v) is 9.90. The Balaban J connectivity index is 1.64. The molecule has 10 heteroatoms. The second-order valence-electron chi connectivity index (χ2n) is 9.90. The molecule has 0 radical (unpaired) electrons. The van der Waals surface area contributed by atoms with Gasteiger partial charge in [-0.3, -0.25) is 19.3 Å². The van der Waals surface area contributed by atoms with Crippen molar-refractivity contribution in [2.75, 3.05) is 24.4 Å². The molecule has 216 valence electrons. The van der Waals surface area contributed by atoms with Crippen LogP contribution in [0.4, 0.5) is 15.9 Å². The fourth-order valence-electron chi connectivity index (χ4n) is 4.94. The van der Waals surface area contributed by atoms with Crippen LogP contribution >= 0.6 is 0 Å². The highest BCUT2D eigenvalue weighted by Gasteiger charge is 2.34. The molecule has 41 heavy (non-hydrogen) atoms. The van der Waals surface area contributed by atoms with Gasteiger partial charge in [-0.2, -0.15) is 0 Å². The third kappa shape index (κ3) is 8.03. The van der Waals surface area contributed by atoms with Crippen LogP contribution in [0.15, 0.2) is 66.9 Å². The standard InChI is InChI=1S/C31H35FN4O5/c1-40-25-18-24(19-26(20-25)41-2)36(29(38)12-7-11-28(37)35-27-10-5-6-17-33-27)30(21-13-15-22(32)16-14-21)31(39)34-23-8-3-4-9-23/h5-6,10,13-20,23,30H,3-4,7-9,11-12H2,1-2H3,(H,34,39)(H,33,35,37)/t30-/m1/s1. The highest BCUT2D eigenvalue weighted by atomic mass is 19.1. The molecule has 2 aromatic carbocycles. The van der Waals surface area contributed by atoms with Gasteiger partial charge in [-0.15, -0.1) is 0 Å². The molecule has 0 spiro atoms. The predicted octanol–water partition coefficient (Wildman–Crippen LogP) is 5.18. The molecule has 0 unspecified atom stereocenters. The lowest BCUT2D eigenvalue weighted by molar-refractivity contribution is -0.127. The first-order valence-corrected chi connectivity index (χ1v) is 13.7. The summed E-state index contributed by atoms with van der Waals surface area (Å²) in [7, 11) is 2.99. The maximum atomic E-state index is 14.0. The molecule has 3 amide bonds. The quantitative estimate of drug-likeness (QED) is 0.315. The van der Waals surface area contributed by atoms with Crippen molar-refractivity contribution in [3.05, 3.63) is 78.2 Å². The zero-order valence-electron chi connectivity index (χ0n) is 23.3. The summed E-state index contributed by atoms with van der Waals surface area (Å²) in [4.78, 5) is 45.8. The molecule has 1 saturated carbocycles. The Morgan fingerprint density at radius 3 is 2.27 bits per heavy atom. The topological polar surface area (TPSA) is 110 Å². The zero-order chi connectivity index (χ0) is 29.2. The molecule has 9 nitrogen and oxygen atoms in total. The monoisotopic (exact) mass is 562 g/mol. The third-order valence-corrected chi connectivity index (χ3v) is 7.00. The fourth-order valence-corrected chi connectivity index (χ4v) is 4.94. The molecule has 1 aliphatic carbocycles. The van der Waals surface area contributed by atoms with Crippen LogP contribution in [-0.2, 0) is 14.4 Å². The normalized spacial score (nSPS) is 13.7. The predicted molar refractivity (Wildman–Crippen MR) is 153 cm³/mol. The summed E-state index contributed by atoms with van der Waals surface area (Å²) in [5, 5.41) is 5.81. The van der Waals surface area contributed by atoms with Crippen molar-refractivity contribution in [2.24, 2.45) is 0 Å². The summed E-state index contributed by atoms with van der Waals surface area (Å²) in [5.74, 6) is -0.201. The molecular formula is C31H35FN4O5. The summed E-state index contributed by atoms with van der Waals surface area (Å²) in [6, 6.07) is 14.6. The maximum absolute atomic E-state index is 14.0. The van der Waals surface area contributed by atoms with Crippen LogP contribution in [0.1, 0.15) is 56.6 Å². The Morgan fingerprint density at radius 1 is 0.976 bits per heavy atom. The van der Waals surface area contributed by atoms with Crippen molar-refractivity contribution in [3.8, 4) is 11.5 Å². The molecule has 0 aliphatic heterocycles. The molecule has 1 fully saturated rings. The van der Waals surface area contributed by atoms with Gasteiger partial charge in [-0.1, -0.05) is 31.0 Å². The number of aromatic nitrogens is 1. The minimum absolute atomic E-state index is 0.00228. The van der Waals surface area contributed by atoms with E-state index in [1.165, 1.54) is 43.4 Å². The Labute approximate surface area is 239 Å². The average Bonchev–Trinajstić information content (AvgIpc) is 3.49. The zero-order valence-corrected chi connectivity index (χ0v) is 23.3. The van der Waals surface area contributed by atoms with Crippen LogP contribution < -0.4 is 25.0 Å². The van der Waals surface area contributed by atoms with Crippen LogP contribution in [0.25, 0.3) is 0 Å². The molecule has 2 N–H and O–H groups in total. The van der Waals surface area contributed by atoms with E-state index in [-0.39, 0.29) is 43.0 Å². The number of ether oxygens (including phenoxy) is 2. The number of hydrogen-bond acceptors (Lipinski definition) is 6. The number of nitrogens with zero attached hydrogens (tertiary/aromatic N) is 2. The summed E-state index contributed by atoms with van der Waals surface area (Å²) in [6.07, 6.45) is 5.60. The van der Waals surface area contributed by atoms with Gasteiger partial charge in [0.1, 0.15) is 29.2 Å². The molecule has 4 rings (SSSR count). The van der Waals surface area contributed by atoms with Gasteiger partial charge in [-0.25, -0.2) is 9.37 Å². The van der Waals surface area contributed by atoms with Crippen molar-refractivity contribution in [1.82, 2.24) is 10.3 Å². The van der Waals surface area contributed by atoms with E-state index in [1.54, 1.807) is 42.6 Å². The lowest BCUT2D eigenvalue weighted by Crippen LogP contribution is -2.46. The molecule has 3 aromatic rings. The number of hydrogen-bond donors (Lipinski definition) is 2. The van der Waals surface area contributed by atoms with Crippen LogP contribution in [0, 0.1) is 5.82 Å². The Morgan fingerprint density at radius 2 is 1.66 bits per heavy atom. The SMILES string of the molecule is COc1cc(OC)cc(N(C(=O)CCCC(=O)Nc2ccccn2)[C@@H](C(=O)NC2CCCC2)c2ccc(F)cc2)c1. The van der Waals surface area contributed by atoms with Gasteiger partial charge < -0.3 is 20.1 Å². The van der Waals surface area contributed by atoms with Gasteiger partial charge in [-0.05, 0) is 49.1 Å². The molecule has 1 heterocycles. The molecule has 1 aromatic heterocycles. The molecule has 0 saturated heterocycles. The maximum Gasteiger partial charge on any atom is 0.248 e. The van der Waals surface area contributed by atoms with Crippen LogP contribution in [0.2, 0.25) is 0 Å².